The van der Waals surface area contributed by atoms with E-state index in [-0.39, 0.29) is 17.2 Å². The van der Waals surface area contributed by atoms with Crippen molar-refractivity contribution in [3.63, 3.8) is 0 Å². The number of hydrogen-bond donors (Lipinski definition) is 4. The van der Waals surface area contributed by atoms with E-state index in [0.717, 1.165) is 15.4 Å². The Morgan fingerprint density at radius 3 is 2.38 bits per heavy atom. The molecule has 4 aromatic rings. The van der Waals surface area contributed by atoms with Crippen LogP contribution in [0, 0.1) is 0 Å². The third-order valence-corrected chi connectivity index (χ3v) is 4.95. The van der Waals surface area contributed by atoms with Crippen molar-refractivity contribution in [1.29, 1.82) is 0 Å². The van der Waals surface area contributed by atoms with Crippen LogP contribution < -0.4 is 0 Å². The molecule has 1 heterocycles. The quantitative estimate of drug-likeness (QED) is 0.320. The number of aliphatic imine (C=N–C) groups is 1. The molecule has 0 atom stereocenters. The van der Waals surface area contributed by atoms with Crippen LogP contribution in [0.2, 0.25) is 0 Å². The number of nitrogens with one attached hydrogen (secondary N) is 1. The number of aromatic hydroxyl groups is 2. The summed E-state index contributed by atoms with van der Waals surface area (Å²) in [5, 5.41) is 30.4. The van der Waals surface area contributed by atoms with Crippen LogP contribution in [-0.4, -0.2) is 32.0 Å². The average molecular weight is 451 g/mol. The molecule has 0 saturated heterocycles. The molecule has 0 aliphatic heterocycles. The lowest BCUT2D eigenvalue weighted by atomic mass is 10.0. The Labute approximate surface area is 173 Å². The highest BCUT2D eigenvalue weighted by atomic mass is 79.9. The van der Waals surface area contributed by atoms with Crippen molar-refractivity contribution in [2.75, 3.05) is 0 Å². The molecule has 0 radical (unpaired) electrons. The van der Waals surface area contributed by atoms with Crippen LogP contribution in [0.4, 0.5) is 5.69 Å². The molecule has 3 aromatic carbocycles. The molecule has 0 aliphatic rings. The monoisotopic (exact) mass is 450 g/mol. The van der Waals surface area contributed by atoms with Crippen LogP contribution in [0.3, 0.4) is 0 Å². The molecule has 4 N–H and O–H groups in total. The number of hydrogen-bond acceptors (Lipinski definition) is 4. The van der Waals surface area contributed by atoms with E-state index in [1.54, 1.807) is 36.4 Å². The predicted octanol–water partition coefficient (Wildman–Crippen LogP) is 5.21. The zero-order chi connectivity index (χ0) is 20.5. The fourth-order valence-corrected chi connectivity index (χ4v) is 3.48. The first kappa shape index (κ1) is 18.8. The Hall–Kier alpha value is -3.58. The van der Waals surface area contributed by atoms with Gasteiger partial charge in [-0.25, -0.2) is 9.79 Å². The second-order valence-corrected chi connectivity index (χ2v) is 7.32. The normalized spacial score (nSPS) is 11.7. The van der Waals surface area contributed by atoms with Gasteiger partial charge in [0.1, 0.15) is 5.75 Å². The topological polar surface area (TPSA) is 106 Å². The van der Waals surface area contributed by atoms with Gasteiger partial charge in [0.25, 0.3) is 0 Å². The summed E-state index contributed by atoms with van der Waals surface area (Å²) in [4.78, 5) is 18.7. The second-order valence-electron chi connectivity index (χ2n) is 6.40. The maximum Gasteiger partial charge on any atom is 0.335 e. The van der Waals surface area contributed by atoms with Crippen LogP contribution in [0.25, 0.3) is 10.9 Å². The van der Waals surface area contributed by atoms with Gasteiger partial charge in [0.05, 0.1) is 22.5 Å². The minimum Gasteiger partial charge on any atom is -0.508 e. The molecule has 0 fully saturated rings. The number of phenolic OH excluding ortho intramolecular Hbond substituents is 1. The smallest absolute Gasteiger partial charge is 0.335 e. The number of carboxylic acids is 1. The predicted molar refractivity (Wildman–Crippen MR) is 114 cm³/mol. The molecular formula is C22H15BrN2O4. The first-order valence-corrected chi connectivity index (χ1v) is 9.43. The summed E-state index contributed by atoms with van der Waals surface area (Å²) < 4.78 is 0.839. The van der Waals surface area contributed by atoms with Gasteiger partial charge in [-0.15, -0.1) is 0 Å². The number of phenols is 1. The molecule has 144 valence electrons. The number of fused-ring (bicyclic) bond motifs is 1. The highest BCUT2D eigenvalue weighted by Crippen LogP contribution is 2.33. The molecular weight excluding hydrogens is 436 g/mol. The van der Waals surface area contributed by atoms with Crippen LogP contribution in [0.1, 0.15) is 21.5 Å². The van der Waals surface area contributed by atoms with Crippen molar-refractivity contribution >= 4 is 44.2 Å². The van der Waals surface area contributed by atoms with E-state index in [1.807, 2.05) is 18.2 Å². The molecule has 0 aliphatic carbocycles. The molecule has 7 heteroatoms. The van der Waals surface area contributed by atoms with Crippen LogP contribution in [-0.2, 0) is 0 Å². The van der Waals surface area contributed by atoms with Crippen LogP contribution in [0.5, 0.6) is 11.6 Å². The fourth-order valence-electron chi connectivity index (χ4n) is 3.12. The van der Waals surface area contributed by atoms with Gasteiger partial charge in [0.15, 0.2) is 5.88 Å². The molecule has 0 amide bonds. The van der Waals surface area contributed by atoms with E-state index in [0.29, 0.717) is 22.5 Å². The van der Waals surface area contributed by atoms with Crippen LogP contribution >= 0.6 is 15.9 Å². The Kier molecular flexibility index (Phi) is 4.82. The average Bonchev–Trinajstić information content (AvgIpc) is 3.01. The fraction of sp³-hybridized carbons (Fsp3) is 0. The number of aromatic amines is 1. The number of aromatic carboxylic acids is 1. The maximum absolute atomic E-state index is 11.1. The summed E-state index contributed by atoms with van der Waals surface area (Å²) in [6.45, 7) is 0. The van der Waals surface area contributed by atoms with E-state index in [2.05, 4.69) is 25.9 Å². The van der Waals surface area contributed by atoms with Gasteiger partial charge in [-0.05, 0) is 54.6 Å². The molecule has 6 nitrogen and oxygen atoms in total. The molecule has 4 rings (SSSR count). The number of carboxylic acid groups (broad SMARTS) is 1. The highest BCUT2D eigenvalue weighted by Gasteiger charge is 2.19. The van der Waals surface area contributed by atoms with Crippen molar-refractivity contribution in [3.05, 3.63) is 87.9 Å². The summed E-state index contributed by atoms with van der Waals surface area (Å²) in [6.07, 6.45) is 0. The number of carbonyl (C=O) groups is 1. The number of benzene rings is 3. The summed E-state index contributed by atoms with van der Waals surface area (Å²) in [5.41, 5.74) is 2.91. The third-order valence-electron chi connectivity index (χ3n) is 4.45. The van der Waals surface area contributed by atoms with E-state index >= 15 is 0 Å². The van der Waals surface area contributed by atoms with E-state index in [9.17, 15) is 15.0 Å². The van der Waals surface area contributed by atoms with Crippen LogP contribution in [0.15, 0.2) is 76.2 Å². The molecule has 0 spiro atoms. The zero-order valence-corrected chi connectivity index (χ0v) is 16.5. The minimum atomic E-state index is -1.02. The number of nitrogens with zero attached hydrogens (tertiary/aromatic N) is 1. The Balaban J connectivity index is 1.96. The van der Waals surface area contributed by atoms with Gasteiger partial charge >= 0.3 is 5.97 Å². The van der Waals surface area contributed by atoms with Crippen molar-refractivity contribution in [1.82, 2.24) is 4.98 Å². The molecule has 29 heavy (non-hydrogen) atoms. The lowest BCUT2D eigenvalue weighted by Gasteiger charge is -2.09. The van der Waals surface area contributed by atoms with Gasteiger partial charge in [-0.3, -0.25) is 0 Å². The number of rotatable bonds is 4. The summed E-state index contributed by atoms with van der Waals surface area (Å²) >= 11 is 3.45. The molecule has 1 aromatic heterocycles. The van der Waals surface area contributed by atoms with Gasteiger partial charge in [-0.1, -0.05) is 28.1 Å². The van der Waals surface area contributed by atoms with E-state index in [1.165, 1.54) is 12.1 Å². The van der Waals surface area contributed by atoms with Gasteiger partial charge < -0.3 is 20.3 Å². The summed E-state index contributed by atoms with van der Waals surface area (Å²) in [7, 11) is 0. The minimum absolute atomic E-state index is 0.0534. The lowest BCUT2D eigenvalue weighted by Crippen LogP contribution is -2.03. The molecule has 0 saturated carbocycles. The highest BCUT2D eigenvalue weighted by molar-refractivity contribution is 9.10. The Bertz CT molecular complexity index is 1260. The summed E-state index contributed by atoms with van der Waals surface area (Å²) in [6, 6.07) is 18.3. The van der Waals surface area contributed by atoms with Gasteiger partial charge in [0.2, 0.25) is 0 Å². The Morgan fingerprint density at radius 1 is 0.931 bits per heavy atom. The number of halogens is 1. The standard InChI is InChI=1S/C22H15BrN2O4/c23-14-6-9-18-17(11-14)19(21(27)25-18)20(13-2-1-3-16(26)10-13)24-15-7-4-12(5-8-15)22(28)29/h1-11,25-27H,(H,28,29). The first-order valence-electron chi connectivity index (χ1n) is 8.64. The van der Waals surface area contributed by atoms with Crippen molar-refractivity contribution in [2.24, 2.45) is 4.99 Å². The van der Waals surface area contributed by atoms with Crippen molar-refractivity contribution in [2.45, 2.75) is 0 Å². The lowest BCUT2D eigenvalue weighted by molar-refractivity contribution is 0.0697. The van der Waals surface area contributed by atoms with Gasteiger partial charge in [-0.2, -0.15) is 0 Å². The maximum atomic E-state index is 11.1. The third kappa shape index (κ3) is 3.72. The number of H-pyrrole nitrogens is 1. The number of aromatic nitrogens is 1. The largest absolute Gasteiger partial charge is 0.508 e. The van der Waals surface area contributed by atoms with E-state index in [4.69, 9.17) is 5.11 Å². The Morgan fingerprint density at radius 2 is 1.69 bits per heavy atom. The summed E-state index contributed by atoms with van der Waals surface area (Å²) in [5.74, 6) is -1.01. The van der Waals surface area contributed by atoms with Crippen molar-refractivity contribution < 1.29 is 20.1 Å². The molecule has 0 bridgehead atoms. The second kappa shape index (κ2) is 7.44. The zero-order valence-electron chi connectivity index (χ0n) is 14.9. The first-order chi connectivity index (χ1) is 13.9. The van der Waals surface area contributed by atoms with Gasteiger partial charge in [0, 0.05) is 20.9 Å². The van der Waals surface area contributed by atoms with Crippen molar-refractivity contribution in [3.8, 4) is 11.6 Å². The molecule has 0 unspecified atom stereocenters. The van der Waals surface area contributed by atoms with E-state index < -0.39 is 5.97 Å². The SMILES string of the molecule is O=C(O)c1ccc(N=C(c2cccc(O)c2)c2c(O)[nH]c3ccc(Br)cc23)cc1.